The minimum atomic E-state index is -0.926. The average Bonchev–Trinajstić information content (AvgIpc) is 3.58. The molecule has 6 heteroatoms. The molecule has 4 rings (SSSR count). The molecular formula is C27H35ClN2O2S. The van der Waals surface area contributed by atoms with E-state index < -0.39 is 5.60 Å². The van der Waals surface area contributed by atoms with Gasteiger partial charge in [-0.3, -0.25) is 9.78 Å². The van der Waals surface area contributed by atoms with Gasteiger partial charge < -0.3 is 9.64 Å². The molecule has 178 valence electrons. The molecule has 3 atom stereocenters. The first-order chi connectivity index (χ1) is 15.6. The van der Waals surface area contributed by atoms with E-state index in [1.165, 1.54) is 12.8 Å². The number of hydrogen-bond acceptors (Lipinski definition) is 4. The summed E-state index contributed by atoms with van der Waals surface area (Å²) in [5, 5.41) is 0.700. The van der Waals surface area contributed by atoms with Crippen LogP contribution in [0.4, 0.5) is 0 Å². The SMILES string of the molecule is Cc1ccc(C[C@@]2(C)OC[C@@H](c3ccc(Cl)cc3)N(C(CSC(C)(C)C)C3CC3)C2=O)nc1. The summed E-state index contributed by atoms with van der Waals surface area (Å²) in [7, 11) is 0. The van der Waals surface area contributed by atoms with Crippen LogP contribution in [0.3, 0.4) is 0 Å². The fourth-order valence-electron chi connectivity index (χ4n) is 4.48. The monoisotopic (exact) mass is 486 g/mol. The number of rotatable bonds is 7. The van der Waals surface area contributed by atoms with Gasteiger partial charge in [0.1, 0.15) is 5.60 Å². The number of amides is 1. The molecule has 1 aromatic heterocycles. The Morgan fingerprint density at radius 1 is 1.21 bits per heavy atom. The predicted molar refractivity (Wildman–Crippen MR) is 137 cm³/mol. The molecule has 1 unspecified atom stereocenters. The molecule has 0 radical (unpaired) electrons. The van der Waals surface area contributed by atoms with E-state index in [-0.39, 0.29) is 22.7 Å². The zero-order chi connectivity index (χ0) is 23.8. The van der Waals surface area contributed by atoms with Crippen molar-refractivity contribution < 1.29 is 9.53 Å². The highest BCUT2D eigenvalue weighted by atomic mass is 35.5. The van der Waals surface area contributed by atoms with E-state index in [0.717, 1.165) is 22.6 Å². The number of carbonyl (C=O) groups is 1. The lowest BCUT2D eigenvalue weighted by atomic mass is 9.90. The molecule has 1 aliphatic carbocycles. The van der Waals surface area contributed by atoms with Crippen molar-refractivity contribution in [2.24, 2.45) is 5.92 Å². The second-order valence-electron chi connectivity index (χ2n) is 10.7. The predicted octanol–water partition coefficient (Wildman–Crippen LogP) is 6.26. The largest absolute Gasteiger partial charge is 0.363 e. The van der Waals surface area contributed by atoms with Gasteiger partial charge in [-0.1, -0.05) is 50.6 Å². The number of morpholine rings is 1. The Labute approximate surface area is 207 Å². The highest BCUT2D eigenvalue weighted by Gasteiger charge is 2.51. The fourth-order valence-corrected chi connectivity index (χ4v) is 5.71. The van der Waals surface area contributed by atoms with Gasteiger partial charge in [-0.25, -0.2) is 0 Å². The second-order valence-corrected chi connectivity index (χ2v) is 12.9. The third-order valence-corrected chi connectivity index (χ3v) is 8.17. The van der Waals surface area contributed by atoms with Crippen LogP contribution >= 0.6 is 23.4 Å². The van der Waals surface area contributed by atoms with Gasteiger partial charge in [0, 0.05) is 39.9 Å². The third kappa shape index (κ3) is 5.93. The van der Waals surface area contributed by atoms with Crippen molar-refractivity contribution in [3.63, 3.8) is 0 Å². The average molecular weight is 487 g/mol. The number of carbonyl (C=O) groups excluding carboxylic acids is 1. The lowest BCUT2D eigenvalue weighted by Crippen LogP contribution is -2.61. The van der Waals surface area contributed by atoms with Crippen molar-refractivity contribution in [3.8, 4) is 0 Å². The van der Waals surface area contributed by atoms with Gasteiger partial charge in [-0.2, -0.15) is 11.8 Å². The number of halogens is 1. The molecular weight excluding hydrogens is 452 g/mol. The molecule has 0 bridgehead atoms. The van der Waals surface area contributed by atoms with Crippen LogP contribution in [0.1, 0.15) is 63.4 Å². The van der Waals surface area contributed by atoms with Crippen LogP contribution < -0.4 is 0 Å². The van der Waals surface area contributed by atoms with Gasteiger partial charge in [0.15, 0.2) is 0 Å². The van der Waals surface area contributed by atoms with Gasteiger partial charge in [0.05, 0.1) is 12.6 Å². The van der Waals surface area contributed by atoms with Crippen LogP contribution in [-0.2, 0) is 16.0 Å². The van der Waals surface area contributed by atoms with Gasteiger partial charge in [-0.15, -0.1) is 0 Å². The van der Waals surface area contributed by atoms with Crippen molar-refractivity contribution in [2.75, 3.05) is 12.4 Å². The number of aromatic nitrogens is 1. The summed E-state index contributed by atoms with van der Waals surface area (Å²) < 4.78 is 6.51. The number of thioether (sulfide) groups is 1. The van der Waals surface area contributed by atoms with Gasteiger partial charge in [0.2, 0.25) is 0 Å². The standard InChI is InChI=1S/C27H35ClN2O2S/c1-18-6-13-22(29-15-18)14-27(5)25(31)30(24(20-7-8-20)17-33-26(2,3)4)23(16-32-27)19-9-11-21(28)12-10-19/h6,9-13,15,20,23-24H,7-8,14,16-17H2,1-5H3/t23-,24?,27+/m0/s1. The maximum absolute atomic E-state index is 14.2. The maximum atomic E-state index is 14.2. The van der Waals surface area contributed by atoms with Gasteiger partial charge in [-0.05, 0) is 61.9 Å². The first-order valence-electron chi connectivity index (χ1n) is 11.8. The third-order valence-electron chi connectivity index (χ3n) is 6.54. The molecule has 1 saturated heterocycles. The van der Waals surface area contributed by atoms with Gasteiger partial charge in [0.25, 0.3) is 5.91 Å². The van der Waals surface area contributed by atoms with Crippen LogP contribution in [0, 0.1) is 12.8 Å². The fraction of sp³-hybridized carbons (Fsp3) is 0.556. The van der Waals surface area contributed by atoms with E-state index in [1.807, 2.05) is 68.2 Å². The summed E-state index contributed by atoms with van der Waals surface area (Å²) >= 11 is 8.11. The van der Waals surface area contributed by atoms with Crippen molar-refractivity contribution in [1.82, 2.24) is 9.88 Å². The van der Waals surface area contributed by atoms with Crippen molar-refractivity contribution in [1.29, 1.82) is 0 Å². The van der Waals surface area contributed by atoms with Crippen LogP contribution in [-0.4, -0.2) is 44.5 Å². The molecule has 33 heavy (non-hydrogen) atoms. The van der Waals surface area contributed by atoms with E-state index >= 15 is 0 Å². The summed E-state index contributed by atoms with van der Waals surface area (Å²) in [6.07, 6.45) is 4.69. The summed E-state index contributed by atoms with van der Waals surface area (Å²) in [6.45, 7) is 11.2. The minimum Gasteiger partial charge on any atom is -0.363 e. The van der Waals surface area contributed by atoms with E-state index in [0.29, 0.717) is 24.0 Å². The summed E-state index contributed by atoms with van der Waals surface area (Å²) in [5.74, 6) is 1.56. The number of benzene rings is 1. The summed E-state index contributed by atoms with van der Waals surface area (Å²) in [6, 6.07) is 12.0. The molecule has 4 nitrogen and oxygen atoms in total. The first kappa shape index (κ1) is 24.6. The Bertz CT molecular complexity index is 969. The zero-order valence-electron chi connectivity index (χ0n) is 20.3. The molecule has 2 heterocycles. The van der Waals surface area contributed by atoms with Crippen molar-refractivity contribution in [3.05, 3.63) is 64.4 Å². The lowest BCUT2D eigenvalue weighted by Gasteiger charge is -2.48. The zero-order valence-corrected chi connectivity index (χ0v) is 21.9. The molecule has 0 N–H and O–H groups in total. The first-order valence-corrected chi connectivity index (χ1v) is 13.2. The van der Waals surface area contributed by atoms with Crippen molar-refractivity contribution in [2.45, 2.75) is 76.3 Å². The Balaban J connectivity index is 1.67. The number of aryl methyl sites for hydroxylation is 1. The van der Waals surface area contributed by atoms with E-state index in [1.54, 1.807) is 0 Å². The molecule has 1 amide bonds. The molecule has 1 saturated carbocycles. The number of nitrogens with zero attached hydrogens (tertiary/aromatic N) is 2. The number of pyridine rings is 1. The molecule has 2 fully saturated rings. The molecule has 0 spiro atoms. The highest BCUT2D eigenvalue weighted by Crippen LogP contribution is 2.44. The Hall–Kier alpha value is -1.56. The smallest absolute Gasteiger partial charge is 0.255 e. The summed E-state index contributed by atoms with van der Waals surface area (Å²) in [5.41, 5.74) is 2.14. The Morgan fingerprint density at radius 3 is 2.48 bits per heavy atom. The highest BCUT2D eigenvalue weighted by molar-refractivity contribution is 8.00. The van der Waals surface area contributed by atoms with Gasteiger partial charge >= 0.3 is 0 Å². The summed E-state index contributed by atoms with van der Waals surface area (Å²) in [4.78, 5) is 20.9. The Kier molecular flexibility index (Phi) is 7.14. The molecule has 2 aromatic rings. The van der Waals surface area contributed by atoms with Crippen molar-refractivity contribution >= 4 is 29.3 Å². The van der Waals surface area contributed by atoms with E-state index in [4.69, 9.17) is 16.3 Å². The second kappa shape index (κ2) is 9.59. The maximum Gasteiger partial charge on any atom is 0.255 e. The van der Waals surface area contributed by atoms with Crippen LogP contribution in [0.2, 0.25) is 5.02 Å². The number of hydrogen-bond donors (Lipinski definition) is 0. The van der Waals surface area contributed by atoms with E-state index in [9.17, 15) is 4.79 Å². The minimum absolute atomic E-state index is 0.0717. The quantitative estimate of drug-likeness (QED) is 0.463. The van der Waals surface area contributed by atoms with Crippen LogP contribution in [0.5, 0.6) is 0 Å². The van der Waals surface area contributed by atoms with E-state index in [2.05, 4.69) is 30.7 Å². The normalized spacial score (nSPS) is 24.7. The topological polar surface area (TPSA) is 42.4 Å². The molecule has 2 aliphatic rings. The van der Waals surface area contributed by atoms with Crippen LogP contribution in [0.25, 0.3) is 0 Å². The lowest BCUT2D eigenvalue weighted by molar-refractivity contribution is -0.182. The van der Waals surface area contributed by atoms with Crippen LogP contribution in [0.15, 0.2) is 42.6 Å². The Morgan fingerprint density at radius 2 is 1.91 bits per heavy atom. The number of ether oxygens (including phenoxy) is 1. The molecule has 1 aliphatic heterocycles. The molecule has 1 aromatic carbocycles.